The number of benzene rings is 1. The van der Waals surface area contributed by atoms with Gasteiger partial charge >= 0.3 is 5.97 Å². The highest BCUT2D eigenvalue weighted by Gasteiger charge is 2.27. The van der Waals surface area contributed by atoms with Gasteiger partial charge in [0.25, 0.3) is 0 Å². The first-order chi connectivity index (χ1) is 10.5. The van der Waals surface area contributed by atoms with Crippen molar-refractivity contribution >= 4 is 11.9 Å². The normalized spacial score (nSPS) is 20.4. The average molecular weight is 304 g/mol. The molecular formula is C17H24N2O3. The minimum atomic E-state index is -0.761. The van der Waals surface area contributed by atoms with Crippen LogP contribution in [-0.2, 0) is 9.59 Å². The Morgan fingerprint density at radius 3 is 2.68 bits per heavy atom. The van der Waals surface area contributed by atoms with E-state index in [4.69, 9.17) is 5.11 Å². The van der Waals surface area contributed by atoms with E-state index in [1.165, 1.54) is 0 Å². The molecule has 1 aromatic carbocycles. The average Bonchev–Trinajstić information content (AvgIpc) is 2.54. The quantitative estimate of drug-likeness (QED) is 0.904. The standard InChI is InChI=1S/C17H24N2O3/c1-13(14-7-4-3-5-8-14)18(2)16(20)12-19-10-6-9-15(11-19)17(21)22/h3-5,7-8,13,15H,6,9-12H2,1-2H3,(H,21,22)/t13-,15-/m1/s1. The van der Waals surface area contributed by atoms with Gasteiger partial charge < -0.3 is 10.0 Å². The number of hydrogen-bond acceptors (Lipinski definition) is 3. The summed E-state index contributed by atoms with van der Waals surface area (Å²) >= 11 is 0. The third kappa shape index (κ3) is 4.07. The molecule has 0 radical (unpaired) electrons. The molecule has 1 heterocycles. The second-order valence-corrected chi connectivity index (χ2v) is 6.00. The molecule has 0 unspecified atom stereocenters. The largest absolute Gasteiger partial charge is 0.481 e. The molecule has 2 rings (SSSR count). The van der Waals surface area contributed by atoms with Crippen LogP contribution < -0.4 is 0 Å². The zero-order chi connectivity index (χ0) is 16.1. The monoisotopic (exact) mass is 304 g/mol. The fraction of sp³-hybridized carbons (Fsp3) is 0.529. The molecule has 1 aromatic rings. The minimum Gasteiger partial charge on any atom is -0.481 e. The lowest BCUT2D eigenvalue weighted by molar-refractivity contribution is -0.145. The molecule has 0 saturated carbocycles. The molecule has 0 bridgehead atoms. The van der Waals surface area contributed by atoms with E-state index < -0.39 is 5.97 Å². The Kier molecular flexibility index (Phi) is 5.55. The number of hydrogen-bond donors (Lipinski definition) is 1. The number of carboxylic acids is 1. The van der Waals surface area contributed by atoms with Gasteiger partial charge in [-0.05, 0) is 31.9 Å². The first kappa shape index (κ1) is 16.5. The summed E-state index contributed by atoms with van der Waals surface area (Å²) in [5.41, 5.74) is 1.10. The van der Waals surface area contributed by atoms with E-state index in [9.17, 15) is 9.59 Å². The molecule has 5 nitrogen and oxygen atoms in total. The topological polar surface area (TPSA) is 60.9 Å². The second-order valence-electron chi connectivity index (χ2n) is 6.00. The van der Waals surface area contributed by atoms with Crippen molar-refractivity contribution in [2.45, 2.75) is 25.8 Å². The molecule has 1 N–H and O–H groups in total. The van der Waals surface area contributed by atoms with Gasteiger partial charge in [-0.25, -0.2) is 0 Å². The van der Waals surface area contributed by atoms with E-state index in [1.54, 1.807) is 11.9 Å². The summed E-state index contributed by atoms with van der Waals surface area (Å²) in [6.45, 7) is 3.55. The maximum Gasteiger partial charge on any atom is 0.307 e. The maximum atomic E-state index is 12.4. The number of carbonyl (C=O) groups excluding carboxylic acids is 1. The van der Waals surface area contributed by atoms with Crippen LogP contribution in [0, 0.1) is 5.92 Å². The van der Waals surface area contributed by atoms with Gasteiger partial charge in [0, 0.05) is 13.6 Å². The lowest BCUT2D eigenvalue weighted by Gasteiger charge is -2.33. The van der Waals surface area contributed by atoms with Crippen LogP contribution >= 0.6 is 0 Å². The zero-order valence-electron chi connectivity index (χ0n) is 13.2. The van der Waals surface area contributed by atoms with E-state index >= 15 is 0 Å². The van der Waals surface area contributed by atoms with Crippen LogP contribution in [0.5, 0.6) is 0 Å². The second kappa shape index (κ2) is 7.40. The van der Waals surface area contributed by atoms with Gasteiger partial charge in [-0.15, -0.1) is 0 Å². The van der Waals surface area contributed by atoms with E-state index in [2.05, 4.69) is 0 Å². The van der Waals surface area contributed by atoms with Gasteiger partial charge in [-0.3, -0.25) is 14.5 Å². The first-order valence-electron chi connectivity index (χ1n) is 7.74. The number of piperidine rings is 1. The van der Waals surface area contributed by atoms with E-state index in [0.717, 1.165) is 18.5 Å². The smallest absolute Gasteiger partial charge is 0.307 e. The van der Waals surface area contributed by atoms with Crippen molar-refractivity contribution in [3.8, 4) is 0 Å². The highest BCUT2D eigenvalue weighted by molar-refractivity contribution is 5.78. The maximum absolute atomic E-state index is 12.4. The number of nitrogens with zero attached hydrogens (tertiary/aromatic N) is 2. The lowest BCUT2D eigenvalue weighted by atomic mass is 9.98. The molecule has 1 saturated heterocycles. The Morgan fingerprint density at radius 2 is 2.05 bits per heavy atom. The van der Waals surface area contributed by atoms with Crippen molar-refractivity contribution in [1.29, 1.82) is 0 Å². The molecule has 1 aliphatic heterocycles. The third-order valence-electron chi connectivity index (χ3n) is 4.47. The summed E-state index contributed by atoms with van der Waals surface area (Å²) < 4.78 is 0. The highest BCUT2D eigenvalue weighted by Crippen LogP contribution is 2.20. The molecule has 22 heavy (non-hydrogen) atoms. The molecule has 120 valence electrons. The Morgan fingerprint density at radius 1 is 1.36 bits per heavy atom. The van der Waals surface area contributed by atoms with Gasteiger partial charge in [0.15, 0.2) is 0 Å². The summed E-state index contributed by atoms with van der Waals surface area (Å²) in [4.78, 5) is 27.2. The van der Waals surface area contributed by atoms with Gasteiger partial charge in [-0.2, -0.15) is 0 Å². The molecule has 0 spiro atoms. The predicted octanol–water partition coefficient (Wildman–Crippen LogP) is 2.00. The molecule has 5 heteroatoms. The molecule has 2 atom stereocenters. The van der Waals surface area contributed by atoms with Crippen LogP contribution in [0.3, 0.4) is 0 Å². The van der Waals surface area contributed by atoms with Crippen LogP contribution in [0.15, 0.2) is 30.3 Å². The van der Waals surface area contributed by atoms with Gasteiger partial charge in [0.1, 0.15) is 0 Å². The highest BCUT2D eigenvalue weighted by atomic mass is 16.4. The van der Waals surface area contributed by atoms with Crippen LogP contribution in [0.1, 0.15) is 31.4 Å². The van der Waals surface area contributed by atoms with Crippen molar-refractivity contribution < 1.29 is 14.7 Å². The minimum absolute atomic E-state index is 0.00811. The van der Waals surface area contributed by atoms with Crippen LogP contribution in [0.2, 0.25) is 0 Å². The van der Waals surface area contributed by atoms with E-state index in [1.807, 2.05) is 42.2 Å². The number of rotatable bonds is 5. The molecule has 1 amide bonds. The summed E-state index contributed by atoms with van der Waals surface area (Å²) in [7, 11) is 1.80. The molecule has 0 aliphatic carbocycles. The van der Waals surface area contributed by atoms with Crippen molar-refractivity contribution in [3.05, 3.63) is 35.9 Å². The fourth-order valence-electron chi connectivity index (χ4n) is 2.87. The third-order valence-corrected chi connectivity index (χ3v) is 4.47. The summed E-state index contributed by atoms with van der Waals surface area (Å²) in [6, 6.07) is 9.91. The van der Waals surface area contributed by atoms with Gasteiger partial charge in [0.05, 0.1) is 18.5 Å². The lowest BCUT2D eigenvalue weighted by Crippen LogP contribution is -2.45. The van der Waals surface area contributed by atoms with E-state index in [-0.39, 0.29) is 24.4 Å². The van der Waals surface area contributed by atoms with Crippen molar-refractivity contribution in [3.63, 3.8) is 0 Å². The SMILES string of the molecule is C[C@H](c1ccccc1)N(C)C(=O)CN1CCC[C@@H](C(=O)O)C1. The number of carbonyl (C=O) groups is 2. The number of amides is 1. The van der Waals surface area contributed by atoms with Crippen LogP contribution in [-0.4, -0.2) is 53.5 Å². The summed E-state index contributed by atoms with van der Waals surface area (Å²) in [5.74, 6) is -1.08. The molecule has 0 aromatic heterocycles. The number of aliphatic carboxylic acids is 1. The molecular weight excluding hydrogens is 280 g/mol. The van der Waals surface area contributed by atoms with Crippen LogP contribution in [0.4, 0.5) is 0 Å². The van der Waals surface area contributed by atoms with Crippen molar-refractivity contribution in [2.24, 2.45) is 5.92 Å². The van der Waals surface area contributed by atoms with Crippen molar-refractivity contribution in [1.82, 2.24) is 9.80 Å². The zero-order valence-corrected chi connectivity index (χ0v) is 13.2. The number of likely N-dealkylation sites (N-methyl/N-ethyl adjacent to an activating group) is 1. The fourth-order valence-corrected chi connectivity index (χ4v) is 2.87. The molecule has 1 aliphatic rings. The Balaban J connectivity index is 1.92. The van der Waals surface area contributed by atoms with Crippen molar-refractivity contribution in [2.75, 3.05) is 26.7 Å². The Hall–Kier alpha value is -1.88. The number of likely N-dealkylation sites (tertiary alicyclic amines) is 1. The number of carboxylic acid groups (broad SMARTS) is 1. The predicted molar refractivity (Wildman–Crippen MR) is 84.4 cm³/mol. The van der Waals surface area contributed by atoms with Gasteiger partial charge in [0.2, 0.25) is 5.91 Å². The molecule has 1 fully saturated rings. The van der Waals surface area contributed by atoms with Crippen LogP contribution in [0.25, 0.3) is 0 Å². The van der Waals surface area contributed by atoms with Gasteiger partial charge in [-0.1, -0.05) is 30.3 Å². The first-order valence-corrected chi connectivity index (χ1v) is 7.74. The van der Waals surface area contributed by atoms with E-state index in [0.29, 0.717) is 13.0 Å². The Bertz CT molecular complexity index is 518. The summed E-state index contributed by atoms with van der Waals surface area (Å²) in [5, 5.41) is 9.11. The summed E-state index contributed by atoms with van der Waals surface area (Å²) in [6.07, 6.45) is 1.54. The Labute approximate surface area is 131 Å².